The van der Waals surface area contributed by atoms with Crippen LogP contribution in [0.3, 0.4) is 0 Å². The summed E-state index contributed by atoms with van der Waals surface area (Å²) >= 11 is 0. The van der Waals surface area contributed by atoms with Crippen molar-refractivity contribution in [3.05, 3.63) is 78.4 Å². The minimum atomic E-state index is -4.00. The van der Waals surface area contributed by atoms with E-state index >= 15 is 0 Å². The number of nitrogens with one attached hydrogen (secondary N) is 1. The summed E-state index contributed by atoms with van der Waals surface area (Å²) in [5.74, 6) is -0.591. The Morgan fingerprint density at radius 1 is 1.10 bits per heavy atom. The Kier molecular flexibility index (Phi) is 4.22. The Balaban J connectivity index is 1.87. The maximum Gasteiger partial charge on any atom is 0.268 e. The molecule has 3 heterocycles. The molecule has 5 nitrogen and oxygen atoms in total. The minimum absolute atomic E-state index is 0.0897. The van der Waals surface area contributed by atoms with Gasteiger partial charge in [0.25, 0.3) is 10.0 Å². The first-order valence-electron chi connectivity index (χ1n) is 9.36. The number of hydrogen-bond acceptors (Lipinski definition) is 4. The smallest absolute Gasteiger partial charge is 0.268 e. The van der Waals surface area contributed by atoms with Crippen LogP contribution in [0.1, 0.15) is 12.0 Å². The van der Waals surface area contributed by atoms with Crippen LogP contribution in [0.2, 0.25) is 0 Å². The highest BCUT2D eigenvalue weighted by Crippen LogP contribution is 2.35. The summed E-state index contributed by atoms with van der Waals surface area (Å²) in [6, 6.07) is 12.7. The van der Waals surface area contributed by atoms with E-state index in [9.17, 15) is 12.8 Å². The normalized spacial score (nSPS) is 15.0. The Hall–Kier alpha value is -3.03. The molecule has 2 aromatic heterocycles. The average molecular weight is 407 g/mol. The molecule has 5 rings (SSSR count). The molecule has 0 atom stereocenters. The summed E-state index contributed by atoms with van der Waals surface area (Å²) in [7, 11) is -4.00. The second-order valence-corrected chi connectivity index (χ2v) is 8.84. The maximum absolute atomic E-state index is 13.8. The van der Waals surface area contributed by atoms with E-state index in [2.05, 4.69) is 16.4 Å². The van der Waals surface area contributed by atoms with Crippen LogP contribution >= 0.6 is 0 Å². The zero-order chi connectivity index (χ0) is 20.0. The highest BCUT2D eigenvalue weighted by Gasteiger charge is 2.25. The summed E-state index contributed by atoms with van der Waals surface area (Å²) in [5.41, 5.74) is 3.08. The standard InChI is InChI=1S/C22H18FN3O2S/c23-17-4-1-5-18(13-17)29(27,28)26-14-20(15-8-11-24-12-9-15)19-7-6-16-3-2-10-25-21(16)22(19)26/h1-8,10,13-14,24H,9,11-12H2. The third-order valence-electron chi connectivity index (χ3n) is 5.27. The predicted octanol–water partition coefficient (Wildman–Crippen LogP) is 3.94. The Labute approximate surface area is 167 Å². The first-order chi connectivity index (χ1) is 14.1. The van der Waals surface area contributed by atoms with Crippen LogP contribution in [0.25, 0.3) is 27.4 Å². The van der Waals surface area contributed by atoms with Crippen molar-refractivity contribution in [1.29, 1.82) is 0 Å². The van der Waals surface area contributed by atoms with Crippen LogP contribution < -0.4 is 5.32 Å². The lowest BCUT2D eigenvalue weighted by atomic mass is 9.99. The van der Waals surface area contributed by atoms with Crippen molar-refractivity contribution in [3.63, 3.8) is 0 Å². The van der Waals surface area contributed by atoms with Crippen LogP contribution in [-0.2, 0) is 10.0 Å². The number of rotatable bonds is 3. The van der Waals surface area contributed by atoms with E-state index in [0.29, 0.717) is 11.0 Å². The van der Waals surface area contributed by atoms with Crippen molar-refractivity contribution in [2.75, 3.05) is 13.1 Å². The summed E-state index contributed by atoms with van der Waals surface area (Å²) in [6.45, 7) is 1.57. The molecule has 29 heavy (non-hydrogen) atoms. The fraction of sp³-hybridized carbons (Fsp3) is 0.136. The van der Waals surface area contributed by atoms with Gasteiger partial charge in [-0.25, -0.2) is 16.8 Å². The second-order valence-electron chi connectivity index (χ2n) is 7.02. The highest BCUT2D eigenvalue weighted by molar-refractivity contribution is 7.90. The third-order valence-corrected chi connectivity index (χ3v) is 6.92. The number of nitrogens with zero attached hydrogens (tertiary/aromatic N) is 2. The average Bonchev–Trinajstić information content (AvgIpc) is 3.15. The van der Waals surface area contributed by atoms with Crippen LogP contribution in [0.4, 0.5) is 4.39 Å². The van der Waals surface area contributed by atoms with Gasteiger partial charge in [-0.05, 0) is 42.8 Å². The molecule has 0 radical (unpaired) electrons. The van der Waals surface area contributed by atoms with Crippen molar-refractivity contribution in [2.24, 2.45) is 0 Å². The molecule has 0 spiro atoms. The van der Waals surface area contributed by atoms with Gasteiger partial charge < -0.3 is 5.32 Å². The van der Waals surface area contributed by atoms with Gasteiger partial charge in [-0.3, -0.25) is 4.98 Å². The molecule has 146 valence electrons. The van der Waals surface area contributed by atoms with Crippen molar-refractivity contribution in [2.45, 2.75) is 11.3 Å². The topological polar surface area (TPSA) is 64.0 Å². The fourth-order valence-electron chi connectivity index (χ4n) is 3.88. The fourth-order valence-corrected chi connectivity index (χ4v) is 5.28. The molecule has 0 amide bonds. The van der Waals surface area contributed by atoms with Gasteiger partial charge in [-0.15, -0.1) is 0 Å². The van der Waals surface area contributed by atoms with Crippen LogP contribution in [0.5, 0.6) is 0 Å². The molecule has 4 aromatic rings. The molecule has 0 saturated heterocycles. The molecule has 0 aliphatic carbocycles. The van der Waals surface area contributed by atoms with Gasteiger partial charge in [0.15, 0.2) is 0 Å². The molecule has 2 aromatic carbocycles. The van der Waals surface area contributed by atoms with Crippen molar-refractivity contribution in [1.82, 2.24) is 14.3 Å². The molecule has 0 saturated carbocycles. The molecule has 1 aliphatic rings. The quantitative estimate of drug-likeness (QED) is 0.559. The van der Waals surface area contributed by atoms with Crippen molar-refractivity contribution in [3.8, 4) is 0 Å². The van der Waals surface area contributed by atoms with Crippen LogP contribution in [0.15, 0.2) is 71.9 Å². The summed E-state index contributed by atoms with van der Waals surface area (Å²) in [4.78, 5) is 4.37. The number of halogens is 1. The van der Waals surface area contributed by atoms with E-state index in [0.717, 1.165) is 47.5 Å². The number of aromatic nitrogens is 2. The largest absolute Gasteiger partial charge is 0.313 e. The molecule has 1 N–H and O–H groups in total. The van der Waals surface area contributed by atoms with E-state index in [4.69, 9.17) is 0 Å². The Morgan fingerprint density at radius 3 is 2.79 bits per heavy atom. The number of hydrogen-bond donors (Lipinski definition) is 1. The Bertz CT molecular complexity index is 1390. The SMILES string of the molecule is O=S(=O)(c1cccc(F)c1)n1cc(C2=CCNCC2)c2ccc3cccnc3c21. The summed E-state index contributed by atoms with van der Waals surface area (Å²) < 4.78 is 42.0. The van der Waals surface area contributed by atoms with Gasteiger partial charge in [0, 0.05) is 35.3 Å². The lowest BCUT2D eigenvalue weighted by molar-refractivity contribution is 0.584. The zero-order valence-electron chi connectivity index (χ0n) is 15.5. The summed E-state index contributed by atoms with van der Waals surface area (Å²) in [6.07, 6.45) is 6.19. The Morgan fingerprint density at radius 2 is 2.00 bits per heavy atom. The number of benzene rings is 2. The van der Waals surface area contributed by atoms with Gasteiger partial charge in [0.05, 0.1) is 15.9 Å². The molecule has 1 aliphatic heterocycles. The highest BCUT2D eigenvalue weighted by atomic mass is 32.2. The van der Waals surface area contributed by atoms with Crippen molar-refractivity contribution >= 4 is 37.4 Å². The van der Waals surface area contributed by atoms with Crippen LogP contribution in [-0.4, -0.2) is 30.5 Å². The van der Waals surface area contributed by atoms with E-state index in [1.807, 2.05) is 24.3 Å². The predicted molar refractivity (Wildman–Crippen MR) is 112 cm³/mol. The molecule has 7 heteroatoms. The van der Waals surface area contributed by atoms with Gasteiger partial charge in [0.1, 0.15) is 5.82 Å². The number of pyridine rings is 1. The first-order valence-corrected chi connectivity index (χ1v) is 10.8. The van der Waals surface area contributed by atoms with E-state index < -0.39 is 15.8 Å². The third kappa shape index (κ3) is 2.94. The van der Waals surface area contributed by atoms with E-state index in [-0.39, 0.29) is 4.90 Å². The zero-order valence-corrected chi connectivity index (χ0v) is 16.3. The molecular formula is C22H18FN3O2S. The molecule has 0 unspecified atom stereocenters. The van der Waals surface area contributed by atoms with Crippen molar-refractivity contribution < 1.29 is 12.8 Å². The van der Waals surface area contributed by atoms with Gasteiger partial charge in [0.2, 0.25) is 0 Å². The number of fused-ring (bicyclic) bond motifs is 3. The lowest BCUT2D eigenvalue weighted by Gasteiger charge is -2.13. The monoisotopic (exact) mass is 407 g/mol. The second kappa shape index (κ2) is 6.79. The molecule has 0 bridgehead atoms. The van der Waals surface area contributed by atoms with Gasteiger partial charge >= 0.3 is 0 Å². The van der Waals surface area contributed by atoms with Gasteiger partial charge in [-0.2, -0.15) is 0 Å². The minimum Gasteiger partial charge on any atom is -0.313 e. The first kappa shape index (κ1) is 18.0. The lowest BCUT2D eigenvalue weighted by Crippen LogP contribution is -2.20. The van der Waals surface area contributed by atoms with E-state index in [1.54, 1.807) is 12.4 Å². The van der Waals surface area contributed by atoms with E-state index in [1.165, 1.54) is 22.2 Å². The van der Waals surface area contributed by atoms with Gasteiger partial charge in [-0.1, -0.05) is 30.3 Å². The molecule has 0 fully saturated rings. The summed E-state index contributed by atoms with van der Waals surface area (Å²) in [5, 5.41) is 4.95. The molecular weight excluding hydrogens is 389 g/mol. The van der Waals surface area contributed by atoms with Crippen LogP contribution in [0, 0.1) is 5.82 Å². The maximum atomic E-state index is 13.8.